The van der Waals surface area contributed by atoms with E-state index in [1.54, 1.807) is 18.2 Å². The van der Waals surface area contributed by atoms with Gasteiger partial charge in [-0.15, -0.1) is 11.6 Å². The van der Waals surface area contributed by atoms with Crippen molar-refractivity contribution in [2.75, 3.05) is 6.61 Å². The molecule has 1 atom stereocenters. The van der Waals surface area contributed by atoms with Gasteiger partial charge in [-0.3, -0.25) is 0 Å². The van der Waals surface area contributed by atoms with Crippen molar-refractivity contribution in [2.45, 2.75) is 5.38 Å². The number of hydrogen-bond donors (Lipinski definition) is 1. The van der Waals surface area contributed by atoms with Crippen LogP contribution in [0.15, 0.2) is 18.2 Å². The van der Waals surface area contributed by atoms with Crippen molar-refractivity contribution in [3.63, 3.8) is 0 Å². The highest BCUT2D eigenvalue weighted by atomic mass is 35.5. The maximum Gasteiger partial charge on any atom is 0.0830 e. The third-order valence-electron chi connectivity index (χ3n) is 1.46. The van der Waals surface area contributed by atoms with E-state index in [0.717, 1.165) is 0 Å². The second-order valence-electron chi connectivity index (χ2n) is 2.32. The van der Waals surface area contributed by atoms with E-state index in [9.17, 15) is 0 Å². The molecule has 0 amide bonds. The Morgan fingerprint density at radius 3 is 2.50 bits per heavy atom. The number of hydrogen-bond acceptors (Lipinski definition) is 1. The van der Waals surface area contributed by atoms with Gasteiger partial charge in [-0.25, -0.2) is 0 Å². The van der Waals surface area contributed by atoms with Gasteiger partial charge in [0.15, 0.2) is 0 Å². The molecular formula is C8H7Cl3O. The maximum atomic E-state index is 8.76. The molecule has 0 radical (unpaired) electrons. The molecule has 0 aliphatic heterocycles. The molecule has 1 aromatic carbocycles. The predicted octanol–water partition coefficient (Wildman–Crippen LogP) is 3.27. The van der Waals surface area contributed by atoms with Crippen molar-refractivity contribution in [3.05, 3.63) is 33.8 Å². The number of aliphatic hydroxyl groups excluding tert-OH is 1. The molecule has 1 rings (SSSR count). The summed E-state index contributed by atoms with van der Waals surface area (Å²) in [6, 6.07) is 5.00. The molecule has 0 saturated carbocycles. The van der Waals surface area contributed by atoms with E-state index in [1.165, 1.54) is 0 Å². The first kappa shape index (κ1) is 10.1. The first-order valence-electron chi connectivity index (χ1n) is 3.35. The van der Waals surface area contributed by atoms with Gasteiger partial charge in [-0.1, -0.05) is 29.3 Å². The number of halogens is 3. The van der Waals surface area contributed by atoms with Crippen LogP contribution in [0.5, 0.6) is 0 Å². The molecule has 0 bridgehead atoms. The lowest BCUT2D eigenvalue weighted by atomic mass is 10.1. The van der Waals surface area contributed by atoms with Crippen molar-refractivity contribution in [1.29, 1.82) is 0 Å². The Morgan fingerprint density at radius 2 is 2.00 bits per heavy atom. The first-order chi connectivity index (χ1) is 5.65. The lowest BCUT2D eigenvalue weighted by molar-refractivity contribution is 0.294. The van der Waals surface area contributed by atoms with E-state index in [1.807, 2.05) is 0 Å². The van der Waals surface area contributed by atoms with Crippen LogP contribution in [0.2, 0.25) is 10.0 Å². The number of benzene rings is 1. The Morgan fingerprint density at radius 1 is 1.33 bits per heavy atom. The fourth-order valence-corrected chi connectivity index (χ4v) is 1.64. The molecule has 0 unspecified atom stereocenters. The second-order valence-corrected chi connectivity index (χ2v) is 3.69. The summed E-state index contributed by atoms with van der Waals surface area (Å²) in [6.07, 6.45) is 0. The van der Waals surface area contributed by atoms with Crippen LogP contribution in [0.4, 0.5) is 0 Å². The normalized spacial score (nSPS) is 13.0. The van der Waals surface area contributed by atoms with Gasteiger partial charge in [-0.05, 0) is 17.7 Å². The Kier molecular flexibility index (Phi) is 3.66. The number of rotatable bonds is 2. The van der Waals surface area contributed by atoms with Crippen LogP contribution in [-0.2, 0) is 0 Å². The maximum absolute atomic E-state index is 8.76. The molecule has 0 aromatic heterocycles. The fraction of sp³-hybridized carbons (Fsp3) is 0.250. The molecule has 4 heteroatoms. The molecule has 0 aliphatic rings. The molecule has 1 N–H and O–H groups in total. The van der Waals surface area contributed by atoms with Gasteiger partial charge < -0.3 is 5.11 Å². The quantitative estimate of drug-likeness (QED) is 0.766. The second kappa shape index (κ2) is 4.33. The summed E-state index contributed by atoms with van der Waals surface area (Å²) in [5.74, 6) is 0. The van der Waals surface area contributed by atoms with Crippen LogP contribution in [0.1, 0.15) is 10.9 Å². The van der Waals surface area contributed by atoms with Gasteiger partial charge >= 0.3 is 0 Å². The Bertz CT molecular complexity index is 275. The van der Waals surface area contributed by atoms with Crippen LogP contribution in [0.25, 0.3) is 0 Å². The molecule has 0 spiro atoms. The molecule has 66 valence electrons. The van der Waals surface area contributed by atoms with E-state index in [4.69, 9.17) is 39.9 Å². The lowest BCUT2D eigenvalue weighted by Gasteiger charge is -2.07. The average Bonchev–Trinajstić information content (AvgIpc) is 2.03. The van der Waals surface area contributed by atoms with Crippen molar-refractivity contribution in [1.82, 2.24) is 0 Å². The monoisotopic (exact) mass is 224 g/mol. The Labute approximate surface area is 85.9 Å². The van der Waals surface area contributed by atoms with E-state index >= 15 is 0 Å². The number of aliphatic hydroxyl groups is 1. The Hall–Kier alpha value is 0.0500. The molecule has 0 saturated heterocycles. The lowest BCUT2D eigenvalue weighted by Crippen LogP contribution is -1.96. The van der Waals surface area contributed by atoms with Crippen LogP contribution in [-0.4, -0.2) is 11.7 Å². The van der Waals surface area contributed by atoms with E-state index in [2.05, 4.69) is 0 Å². The summed E-state index contributed by atoms with van der Waals surface area (Å²) < 4.78 is 0. The minimum absolute atomic E-state index is 0.136. The van der Waals surface area contributed by atoms with Gasteiger partial charge in [0.1, 0.15) is 0 Å². The topological polar surface area (TPSA) is 20.2 Å². The highest BCUT2D eigenvalue weighted by Crippen LogP contribution is 2.29. The van der Waals surface area contributed by atoms with Gasteiger partial charge in [0, 0.05) is 10.0 Å². The van der Waals surface area contributed by atoms with Crippen molar-refractivity contribution >= 4 is 34.8 Å². The molecular weight excluding hydrogens is 218 g/mol. The summed E-state index contributed by atoms with van der Waals surface area (Å²) >= 11 is 17.3. The molecule has 0 fully saturated rings. The highest BCUT2D eigenvalue weighted by Gasteiger charge is 2.10. The van der Waals surface area contributed by atoms with E-state index < -0.39 is 5.38 Å². The minimum Gasteiger partial charge on any atom is -0.394 e. The van der Waals surface area contributed by atoms with Crippen LogP contribution < -0.4 is 0 Å². The Balaban J connectivity index is 3.01. The van der Waals surface area contributed by atoms with Gasteiger partial charge in [-0.2, -0.15) is 0 Å². The van der Waals surface area contributed by atoms with Crippen molar-refractivity contribution in [2.24, 2.45) is 0 Å². The fourth-order valence-electron chi connectivity index (χ4n) is 0.854. The summed E-state index contributed by atoms with van der Waals surface area (Å²) in [5, 5.41) is 9.34. The number of alkyl halides is 1. The van der Waals surface area contributed by atoms with Crippen LogP contribution in [0.3, 0.4) is 0 Å². The molecule has 1 aromatic rings. The molecule has 0 aliphatic carbocycles. The highest BCUT2D eigenvalue weighted by molar-refractivity contribution is 6.35. The van der Waals surface area contributed by atoms with E-state index in [-0.39, 0.29) is 6.61 Å². The SMILES string of the molecule is OC[C@@H](Cl)c1ccc(Cl)cc1Cl. The zero-order valence-corrected chi connectivity index (χ0v) is 8.37. The van der Waals surface area contributed by atoms with Crippen molar-refractivity contribution in [3.8, 4) is 0 Å². The van der Waals surface area contributed by atoms with Gasteiger partial charge in [0.2, 0.25) is 0 Å². The summed E-state index contributed by atoms with van der Waals surface area (Å²) in [7, 11) is 0. The first-order valence-corrected chi connectivity index (χ1v) is 4.54. The van der Waals surface area contributed by atoms with Crippen LogP contribution >= 0.6 is 34.8 Å². The third-order valence-corrected chi connectivity index (χ3v) is 2.40. The zero-order chi connectivity index (χ0) is 9.14. The summed E-state index contributed by atoms with van der Waals surface area (Å²) in [5.41, 5.74) is 0.699. The summed E-state index contributed by atoms with van der Waals surface area (Å²) in [6.45, 7) is -0.136. The smallest absolute Gasteiger partial charge is 0.0830 e. The van der Waals surface area contributed by atoms with E-state index in [0.29, 0.717) is 15.6 Å². The molecule has 0 heterocycles. The van der Waals surface area contributed by atoms with Crippen molar-refractivity contribution < 1.29 is 5.11 Å². The largest absolute Gasteiger partial charge is 0.394 e. The minimum atomic E-state index is -0.463. The standard InChI is InChI=1S/C8H7Cl3O/c9-5-1-2-6(7(10)3-5)8(11)4-12/h1-3,8,12H,4H2/t8-/m1/s1. The average molecular weight is 226 g/mol. The predicted molar refractivity (Wildman–Crippen MR) is 52.1 cm³/mol. The van der Waals surface area contributed by atoms with Gasteiger partial charge in [0.05, 0.1) is 12.0 Å². The third kappa shape index (κ3) is 2.27. The molecule has 12 heavy (non-hydrogen) atoms. The van der Waals surface area contributed by atoms with Crippen LogP contribution in [0, 0.1) is 0 Å². The van der Waals surface area contributed by atoms with Gasteiger partial charge in [0.25, 0.3) is 0 Å². The zero-order valence-electron chi connectivity index (χ0n) is 6.10. The molecule has 1 nitrogen and oxygen atoms in total. The summed E-state index contributed by atoms with van der Waals surface area (Å²) in [4.78, 5) is 0.